The highest BCUT2D eigenvalue weighted by Crippen LogP contribution is 2.24. The van der Waals surface area contributed by atoms with E-state index in [4.69, 9.17) is 0 Å². The summed E-state index contributed by atoms with van der Waals surface area (Å²) in [5, 5.41) is 12.8. The minimum Gasteiger partial charge on any atom is -0.508 e. The molecule has 2 N–H and O–H groups in total. The van der Waals surface area contributed by atoms with Gasteiger partial charge in [-0.15, -0.1) is 0 Å². The van der Waals surface area contributed by atoms with Crippen molar-refractivity contribution in [1.29, 1.82) is 0 Å². The van der Waals surface area contributed by atoms with E-state index in [0.29, 0.717) is 5.75 Å². The quantitative estimate of drug-likeness (QED) is 0.844. The van der Waals surface area contributed by atoms with E-state index < -0.39 is 0 Å². The molecule has 2 heteroatoms. The minimum absolute atomic E-state index is 0.214. The summed E-state index contributed by atoms with van der Waals surface area (Å²) in [5.41, 5.74) is 4.82. The highest BCUT2D eigenvalue weighted by atomic mass is 16.3. The number of anilines is 1. The zero-order chi connectivity index (χ0) is 13.1. The monoisotopic (exact) mass is 241 g/mol. The first-order chi connectivity index (χ1) is 8.56. The SMILES string of the molecule is Cc1ccc(C)c(NC(C)c2ccc(O)cc2)c1. The minimum atomic E-state index is 0.214. The molecule has 0 radical (unpaired) electrons. The van der Waals surface area contributed by atoms with Crippen molar-refractivity contribution in [3.8, 4) is 5.75 Å². The van der Waals surface area contributed by atoms with Gasteiger partial charge in [-0.05, 0) is 55.7 Å². The van der Waals surface area contributed by atoms with Crippen molar-refractivity contribution in [2.24, 2.45) is 0 Å². The van der Waals surface area contributed by atoms with Gasteiger partial charge < -0.3 is 10.4 Å². The molecule has 1 atom stereocenters. The normalized spacial score (nSPS) is 12.2. The van der Waals surface area contributed by atoms with Gasteiger partial charge in [-0.2, -0.15) is 0 Å². The Balaban J connectivity index is 2.18. The molecule has 0 saturated heterocycles. The van der Waals surface area contributed by atoms with Crippen LogP contribution in [0.4, 0.5) is 5.69 Å². The fourth-order valence-electron chi connectivity index (χ4n) is 1.97. The van der Waals surface area contributed by atoms with Crippen molar-refractivity contribution in [2.45, 2.75) is 26.8 Å². The number of rotatable bonds is 3. The predicted molar refractivity (Wildman–Crippen MR) is 76.1 cm³/mol. The van der Waals surface area contributed by atoms with Gasteiger partial charge in [0, 0.05) is 11.7 Å². The summed E-state index contributed by atoms with van der Waals surface area (Å²) in [6, 6.07) is 13.9. The van der Waals surface area contributed by atoms with Gasteiger partial charge in [0.15, 0.2) is 0 Å². The van der Waals surface area contributed by atoms with Crippen LogP contribution < -0.4 is 5.32 Å². The Bertz CT molecular complexity index is 531. The smallest absolute Gasteiger partial charge is 0.115 e. The van der Waals surface area contributed by atoms with Gasteiger partial charge in [-0.3, -0.25) is 0 Å². The summed E-state index contributed by atoms with van der Waals surface area (Å²) in [6.45, 7) is 6.31. The summed E-state index contributed by atoms with van der Waals surface area (Å²) >= 11 is 0. The van der Waals surface area contributed by atoms with Gasteiger partial charge in [-0.1, -0.05) is 24.3 Å². The van der Waals surface area contributed by atoms with E-state index in [2.05, 4.69) is 44.3 Å². The van der Waals surface area contributed by atoms with Gasteiger partial charge in [0.1, 0.15) is 5.75 Å². The molecular formula is C16H19NO. The van der Waals surface area contributed by atoms with E-state index >= 15 is 0 Å². The molecule has 18 heavy (non-hydrogen) atoms. The van der Waals surface area contributed by atoms with Gasteiger partial charge in [0.2, 0.25) is 0 Å². The maximum atomic E-state index is 9.29. The average Bonchev–Trinajstić information content (AvgIpc) is 2.34. The summed E-state index contributed by atoms with van der Waals surface area (Å²) in [5.74, 6) is 0.303. The lowest BCUT2D eigenvalue weighted by Crippen LogP contribution is -2.07. The summed E-state index contributed by atoms with van der Waals surface area (Å²) in [6.07, 6.45) is 0. The zero-order valence-corrected chi connectivity index (χ0v) is 11.1. The summed E-state index contributed by atoms with van der Waals surface area (Å²) < 4.78 is 0. The van der Waals surface area contributed by atoms with Gasteiger partial charge >= 0.3 is 0 Å². The fraction of sp³-hybridized carbons (Fsp3) is 0.250. The molecular weight excluding hydrogens is 222 g/mol. The number of benzene rings is 2. The first kappa shape index (κ1) is 12.5. The molecule has 2 rings (SSSR count). The molecule has 94 valence electrons. The fourth-order valence-corrected chi connectivity index (χ4v) is 1.97. The van der Waals surface area contributed by atoms with Crippen LogP contribution in [0.5, 0.6) is 5.75 Å². The molecule has 0 aliphatic heterocycles. The molecule has 2 aromatic rings. The number of hydrogen-bond donors (Lipinski definition) is 2. The van der Waals surface area contributed by atoms with Crippen molar-refractivity contribution >= 4 is 5.69 Å². The molecule has 0 heterocycles. The number of hydrogen-bond acceptors (Lipinski definition) is 2. The highest BCUT2D eigenvalue weighted by Gasteiger charge is 2.07. The molecule has 1 unspecified atom stereocenters. The third kappa shape index (κ3) is 2.83. The molecule has 0 aliphatic rings. The predicted octanol–water partition coefficient (Wildman–Crippen LogP) is 4.18. The molecule has 0 amide bonds. The van der Waals surface area contributed by atoms with Crippen LogP contribution in [-0.2, 0) is 0 Å². The largest absolute Gasteiger partial charge is 0.508 e. The van der Waals surface area contributed by atoms with Crippen LogP contribution in [0, 0.1) is 13.8 Å². The lowest BCUT2D eigenvalue weighted by atomic mass is 10.1. The Kier molecular flexibility index (Phi) is 3.56. The summed E-state index contributed by atoms with van der Waals surface area (Å²) in [7, 11) is 0. The first-order valence-corrected chi connectivity index (χ1v) is 6.19. The molecule has 0 bridgehead atoms. The maximum absolute atomic E-state index is 9.29. The van der Waals surface area contributed by atoms with Crippen LogP contribution in [0.3, 0.4) is 0 Å². The van der Waals surface area contributed by atoms with E-state index in [1.54, 1.807) is 12.1 Å². The van der Waals surface area contributed by atoms with E-state index in [0.717, 1.165) is 11.3 Å². The standard InChI is InChI=1S/C16H19NO/c1-11-4-5-12(2)16(10-11)17-13(3)14-6-8-15(18)9-7-14/h4-10,13,17-18H,1-3H3. The van der Waals surface area contributed by atoms with E-state index in [1.165, 1.54) is 11.1 Å². The summed E-state index contributed by atoms with van der Waals surface area (Å²) in [4.78, 5) is 0. The third-order valence-corrected chi connectivity index (χ3v) is 3.16. The molecule has 0 fully saturated rings. The Morgan fingerprint density at radius 3 is 2.33 bits per heavy atom. The maximum Gasteiger partial charge on any atom is 0.115 e. The van der Waals surface area contributed by atoms with Gasteiger partial charge in [0.05, 0.1) is 0 Å². The second-order valence-electron chi connectivity index (χ2n) is 4.78. The molecule has 2 nitrogen and oxygen atoms in total. The van der Waals surface area contributed by atoms with E-state index in [-0.39, 0.29) is 6.04 Å². The van der Waals surface area contributed by atoms with Crippen molar-refractivity contribution in [1.82, 2.24) is 0 Å². The number of phenolic OH excluding ortho intramolecular Hbond substituents is 1. The van der Waals surface area contributed by atoms with Crippen molar-refractivity contribution < 1.29 is 5.11 Å². The zero-order valence-electron chi connectivity index (χ0n) is 11.1. The Labute approximate surface area is 108 Å². The van der Waals surface area contributed by atoms with Crippen LogP contribution in [-0.4, -0.2) is 5.11 Å². The van der Waals surface area contributed by atoms with Crippen LogP contribution in [0.15, 0.2) is 42.5 Å². The Morgan fingerprint density at radius 1 is 1.00 bits per heavy atom. The molecule has 0 spiro atoms. The average molecular weight is 241 g/mol. The Hall–Kier alpha value is -1.96. The van der Waals surface area contributed by atoms with Gasteiger partial charge in [0.25, 0.3) is 0 Å². The Morgan fingerprint density at radius 2 is 1.67 bits per heavy atom. The van der Waals surface area contributed by atoms with E-state index in [9.17, 15) is 5.11 Å². The van der Waals surface area contributed by atoms with Gasteiger partial charge in [-0.25, -0.2) is 0 Å². The number of aromatic hydroxyl groups is 1. The van der Waals surface area contributed by atoms with Crippen molar-refractivity contribution in [3.63, 3.8) is 0 Å². The van der Waals surface area contributed by atoms with Crippen LogP contribution >= 0.6 is 0 Å². The number of aryl methyl sites for hydroxylation is 2. The second kappa shape index (κ2) is 5.13. The molecule has 2 aromatic carbocycles. The second-order valence-corrected chi connectivity index (χ2v) is 4.78. The van der Waals surface area contributed by atoms with Crippen LogP contribution in [0.2, 0.25) is 0 Å². The van der Waals surface area contributed by atoms with E-state index in [1.807, 2.05) is 12.1 Å². The first-order valence-electron chi connectivity index (χ1n) is 6.19. The van der Waals surface area contributed by atoms with Crippen molar-refractivity contribution in [3.05, 3.63) is 59.2 Å². The molecule has 0 saturated carbocycles. The lowest BCUT2D eigenvalue weighted by molar-refractivity contribution is 0.475. The lowest BCUT2D eigenvalue weighted by Gasteiger charge is -2.18. The highest BCUT2D eigenvalue weighted by molar-refractivity contribution is 5.54. The van der Waals surface area contributed by atoms with Crippen LogP contribution in [0.1, 0.15) is 29.7 Å². The molecule has 0 aromatic heterocycles. The van der Waals surface area contributed by atoms with Crippen molar-refractivity contribution in [2.75, 3.05) is 5.32 Å². The number of nitrogens with one attached hydrogen (secondary N) is 1. The third-order valence-electron chi connectivity index (χ3n) is 3.16. The number of phenols is 1. The topological polar surface area (TPSA) is 32.3 Å². The molecule has 0 aliphatic carbocycles. The van der Waals surface area contributed by atoms with Crippen LogP contribution in [0.25, 0.3) is 0 Å².